The van der Waals surface area contributed by atoms with E-state index in [2.05, 4.69) is 0 Å². The summed E-state index contributed by atoms with van der Waals surface area (Å²) in [6, 6.07) is 16.2. The summed E-state index contributed by atoms with van der Waals surface area (Å²) in [5, 5.41) is 0.545. The SMILES string of the molecule is O=C(c1ccc(Cl)cc1)C1OCCN(Cc2ccccc2)C1=O. The van der Waals surface area contributed by atoms with Crippen LogP contribution in [0.1, 0.15) is 15.9 Å². The second-order valence-electron chi connectivity index (χ2n) is 5.37. The zero-order chi connectivity index (χ0) is 16.2. The van der Waals surface area contributed by atoms with Gasteiger partial charge in [-0.25, -0.2) is 0 Å². The summed E-state index contributed by atoms with van der Waals surface area (Å²) in [6.07, 6.45) is -1.08. The van der Waals surface area contributed by atoms with Crippen LogP contribution in [0, 0.1) is 0 Å². The lowest BCUT2D eigenvalue weighted by Gasteiger charge is -2.31. The molecule has 1 heterocycles. The number of nitrogens with zero attached hydrogens (tertiary/aromatic N) is 1. The molecule has 2 aromatic rings. The number of ether oxygens (including phenoxy) is 1. The largest absolute Gasteiger partial charge is 0.358 e. The van der Waals surface area contributed by atoms with Crippen LogP contribution in [0.15, 0.2) is 54.6 Å². The van der Waals surface area contributed by atoms with Crippen molar-refractivity contribution in [2.24, 2.45) is 0 Å². The Bertz CT molecular complexity index is 700. The Hall–Kier alpha value is -2.17. The number of morpholine rings is 1. The molecule has 23 heavy (non-hydrogen) atoms. The maximum Gasteiger partial charge on any atom is 0.260 e. The summed E-state index contributed by atoms with van der Waals surface area (Å²) in [5.41, 5.74) is 1.45. The van der Waals surface area contributed by atoms with Crippen LogP contribution >= 0.6 is 11.6 Å². The van der Waals surface area contributed by atoms with Gasteiger partial charge in [0.05, 0.1) is 6.61 Å². The lowest BCUT2D eigenvalue weighted by molar-refractivity contribution is -0.149. The highest BCUT2D eigenvalue weighted by Crippen LogP contribution is 2.17. The normalized spacial score (nSPS) is 18.0. The van der Waals surface area contributed by atoms with Gasteiger partial charge in [-0.1, -0.05) is 41.9 Å². The Kier molecular flexibility index (Phi) is 4.74. The highest BCUT2D eigenvalue weighted by Gasteiger charge is 2.35. The van der Waals surface area contributed by atoms with Crippen molar-refractivity contribution in [3.63, 3.8) is 0 Å². The summed E-state index contributed by atoms with van der Waals surface area (Å²) in [7, 11) is 0. The van der Waals surface area contributed by atoms with E-state index in [4.69, 9.17) is 16.3 Å². The zero-order valence-corrected chi connectivity index (χ0v) is 13.2. The fraction of sp³-hybridized carbons (Fsp3) is 0.222. The van der Waals surface area contributed by atoms with Gasteiger partial charge >= 0.3 is 0 Å². The maximum atomic E-state index is 12.6. The lowest BCUT2D eigenvalue weighted by Crippen LogP contribution is -2.50. The van der Waals surface area contributed by atoms with Crippen molar-refractivity contribution < 1.29 is 14.3 Å². The van der Waals surface area contributed by atoms with E-state index in [9.17, 15) is 9.59 Å². The van der Waals surface area contributed by atoms with Crippen molar-refractivity contribution in [3.8, 4) is 0 Å². The van der Waals surface area contributed by atoms with Gasteiger partial charge in [-0.15, -0.1) is 0 Å². The third-order valence-electron chi connectivity index (χ3n) is 3.76. The molecule has 3 rings (SSSR count). The predicted octanol–water partition coefficient (Wildman–Crippen LogP) is 2.95. The van der Waals surface area contributed by atoms with Gasteiger partial charge < -0.3 is 9.64 Å². The van der Waals surface area contributed by atoms with E-state index in [1.165, 1.54) is 0 Å². The van der Waals surface area contributed by atoms with Crippen LogP contribution in [0.4, 0.5) is 0 Å². The van der Waals surface area contributed by atoms with Gasteiger partial charge in [-0.3, -0.25) is 9.59 Å². The predicted molar refractivity (Wildman–Crippen MR) is 87.4 cm³/mol. The number of amides is 1. The number of rotatable bonds is 4. The third-order valence-corrected chi connectivity index (χ3v) is 4.02. The molecule has 0 bridgehead atoms. The van der Waals surface area contributed by atoms with E-state index < -0.39 is 6.10 Å². The van der Waals surface area contributed by atoms with Gasteiger partial charge in [0.1, 0.15) is 0 Å². The van der Waals surface area contributed by atoms with Crippen LogP contribution in [0.25, 0.3) is 0 Å². The minimum atomic E-state index is -1.08. The van der Waals surface area contributed by atoms with Gasteiger partial charge in [-0.05, 0) is 29.8 Å². The summed E-state index contributed by atoms with van der Waals surface area (Å²) >= 11 is 5.83. The molecule has 1 amide bonds. The molecule has 1 atom stereocenters. The highest BCUT2D eigenvalue weighted by atomic mass is 35.5. The smallest absolute Gasteiger partial charge is 0.260 e. The molecule has 0 radical (unpaired) electrons. The van der Waals surface area contributed by atoms with E-state index in [0.717, 1.165) is 5.56 Å². The van der Waals surface area contributed by atoms with Crippen molar-refractivity contribution in [1.29, 1.82) is 0 Å². The van der Waals surface area contributed by atoms with Gasteiger partial charge in [0.2, 0.25) is 5.78 Å². The molecule has 1 unspecified atom stereocenters. The molecule has 2 aromatic carbocycles. The molecule has 0 spiro atoms. The standard InChI is InChI=1S/C18H16ClNO3/c19-15-8-6-14(7-9-15)16(21)17-18(22)20(10-11-23-17)12-13-4-2-1-3-5-13/h1-9,17H,10-12H2. The van der Waals surface area contributed by atoms with Crippen LogP contribution in [-0.2, 0) is 16.1 Å². The van der Waals surface area contributed by atoms with Gasteiger partial charge in [0, 0.05) is 23.7 Å². The van der Waals surface area contributed by atoms with E-state index >= 15 is 0 Å². The summed E-state index contributed by atoms with van der Waals surface area (Å²) in [6.45, 7) is 1.31. The van der Waals surface area contributed by atoms with E-state index in [-0.39, 0.29) is 11.7 Å². The number of carbonyl (C=O) groups is 2. The summed E-state index contributed by atoms with van der Waals surface area (Å²) in [4.78, 5) is 26.7. The van der Waals surface area contributed by atoms with Gasteiger partial charge in [-0.2, -0.15) is 0 Å². The van der Waals surface area contributed by atoms with Crippen LogP contribution in [0.2, 0.25) is 5.02 Å². The fourth-order valence-electron chi connectivity index (χ4n) is 2.54. The van der Waals surface area contributed by atoms with Crippen molar-refractivity contribution >= 4 is 23.3 Å². The quantitative estimate of drug-likeness (QED) is 0.640. The first kappa shape index (κ1) is 15.7. The Morgan fingerprint density at radius 1 is 1.13 bits per heavy atom. The number of ketones is 1. The van der Waals surface area contributed by atoms with Crippen molar-refractivity contribution in [1.82, 2.24) is 4.90 Å². The number of Topliss-reactive ketones (excluding diaryl/α,β-unsaturated/α-hetero) is 1. The minimum absolute atomic E-state index is 0.292. The molecule has 1 aliphatic rings. The van der Waals surface area contributed by atoms with Gasteiger partial charge in [0.15, 0.2) is 6.10 Å². The average molecular weight is 330 g/mol. The first-order valence-electron chi connectivity index (χ1n) is 7.39. The number of benzene rings is 2. The van der Waals surface area contributed by atoms with Crippen LogP contribution in [0.3, 0.4) is 0 Å². The van der Waals surface area contributed by atoms with Crippen molar-refractivity contribution in [2.45, 2.75) is 12.6 Å². The number of hydrogen-bond donors (Lipinski definition) is 0. The molecular weight excluding hydrogens is 314 g/mol. The monoisotopic (exact) mass is 329 g/mol. The highest BCUT2D eigenvalue weighted by molar-refractivity contribution is 6.30. The Labute approximate surface area is 139 Å². The molecular formula is C18H16ClNO3. The topological polar surface area (TPSA) is 46.6 Å². The number of halogens is 1. The molecule has 4 nitrogen and oxygen atoms in total. The first-order chi connectivity index (χ1) is 11.1. The van der Waals surface area contributed by atoms with E-state index in [1.54, 1.807) is 29.2 Å². The molecule has 0 N–H and O–H groups in total. The van der Waals surface area contributed by atoms with Crippen LogP contribution in [-0.4, -0.2) is 35.8 Å². The second-order valence-corrected chi connectivity index (χ2v) is 5.80. The first-order valence-corrected chi connectivity index (χ1v) is 7.77. The molecule has 0 aromatic heterocycles. The molecule has 0 aliphatic carbocycles. The van der Waals surface area contributed by atoms with Crippen molar-refractivity contribution in [2.75, 3.05) is 13.2 Å². The average Bonchev–Trinajstić information content (AvgIpc) is 2.58. The number of carbonyl (C=O) groups excluding carboxylic acids is 2. The molecule has 1 aliphatic heterocycles. The Balaban J connectivity index is 1.74. The molecule has 118 valence electrons. The Morgan fingerprint density at radius 3 is 2.52 bits per heavy atom. The number of hydrogen-bond acceptors (Lipinski definition) is 3. The molecule has 0 saturated carbocycles. The van der Waals surface area contributed by atoms with Crippen LogP contribution < -0.4 is 0 Å². The fourth-order valence-corrected chi connectivity index (χ4v) is 2.67. The summed E-state index contributed by atoms with van der Waals surface area (Å²) < 4.78 is 5.43. The minimum Gasteiger partial charge on any atom is -0.358 e. The Morgan fingerprint density at radius 2 is 1.83 bits per heavy atom. The van der Waals surface area contributed by atoms with Crippen LogP contribution in [0.5, 0.6) is 0 Å². The molecule has 1 fully saturated rings. The zero-order valence-electron chi connectivity index (χ0n) is 12.4. The van der Waals surface area contributed by atoms with Crippen molar-refractivity contribution in [3.05, 3.63) is 70.7 Å². The van der Waals surface area contributed by atoms with E-state index in [0.29, 0.717) is 30.3 Å². The molecule has 1 saturated heterocycles. The lowest BCUT2D eigenvalue weighted by atomic mass is 10.0. The second kappa shape index (κ2) is 6.94. The maximum absolute atomic E-state index is 12.6. The molecule has 5 heteroatoms. The van der Waals surface area contributed by atoms with E-state index in [1.807, 2.05) is 30.3 Å². The summed E-state index contributed by atoms with van der Waals surface area (Å²) in [5.74, 6) is -0.621. The third kappa shape index (κ3) is 3.60. The van der Waals surface area contributed by atoms with Gasteiger partial charge in [0.25, 0.3) is 5.91 Å².